The van der Waals surface area contributed by atoms with Crippen molar-refractivity contribution in [2.75, 3.05) is 10.6 Å². The fourth-order valence-corrected chi connectivity index (χ4v) is 2.64. The van der Waals surface area contributed by atoms with Gasteiger partial charge in [0.1, 0.15) is 5.75 Å². The average Bonchev–Trinajstić information content (AvgIpc) is 2.65. The number of carbonyl (C=O) groups excluding carboxylic acids is 2. The van der Waals surface area contributed by atoms with Gasteiger partial charge in [0.2, 0.25) is 0 Å². The van der Waals surface area contributed by atoms with Gasteiger partial charge in [0.25, 0.3) is 11.8 Å². The fraction of sp³-hybridized carbons (Fsp3) is 0. The highest BCUT2D eigenvalue weighted by atomic mass is 35.5. The van der Waals surface area contributed by atoms with Crippen LogP contribution in [-0.2, 0) is 0 Å². The van der Waals surface area contributed by atoms with Gasteiger partial charge >= 0.3 is 0 Å². The van der Waals surface area contributed by atoms with Crippen molar-refractivity contribution < 1.29 is 14.7 Å². The van der Waals surface area contributed by atoms with Gasteiger partial charge in [-0.2, -0.15) is 0 Å². The second-order valence-electron chi connectivity index (χ2n) is 5.63. The van der Waals surface area contributed by atoms with Crippen molar-refractivity contribution in [2.24, 2.45) is 0 Å². The number of halogens is 2. The summed E-state index contributed by atoms with van der Waals surface area (Å²) < 4.78 is 0. The van der Waals surface area contributed by atoms with Gasteiger partial charge in [0, 0.05) is 16.9 Å². The molecular formula is C20H14Cl2N2O3. The molecule has 7 heteroatoms. The van der Waals surface area contributed by atoms with Crippen molar-refractivity contribution in [3.05, 3.63) is 87.9 Å². The topological polar surface area (TPSA) is 78.4 Å². The number of para-hydroxylation sites is 1. The molecule has 3 rings (SSSR count). The summed E-state index contributed by atoms with van der Waals surface area (Å²) in [6.07, 6.45) is 0. The summed E-state index contributed by atoms with van der Waals surface area (Å²) in [4.78, 5) is 24.4. The summed E-state index contributed by atoms with van der Waals surface area (Å²) >= 11 is 11.8. The summed E-state index contributed by atoms with van der Waals surface area (Å²) in [7, 11) is 0. The molecule has 0 saturated heterocycles. The maximum Gasteiger partial charge on any atom is 0.259 e. The molecule has 2 amide bonds. The zero-order valence-electron chi connectivity index (χ0n) is 13.9. The minimum atomic E-state index is -0.430. The SMILES string of the molecule is O=C(Nc1ccc(NC(=O)c2ccccc2O)cc1)c1ccc(Cl)c(Cl)c1. The Morgan fingerprint density at radius 1 is 0.741 bits per heavy atom. The van der Waals surface area contributed by atoms with Crippen LogP contribution in [0.15, 0.2) is 66.7 Å². The van der Waals surface area contributed by atoms with E-state index >= 15 is 0 Å². The maximum absolute atomic E-state index is 12.3. The molecule has 0 atom stereocenters. The van der Waals surface area contributed by atoms with Crippen molar-refractivity contribution in [3.63, 3.8) is 0 Å². The monoisotopic (exact) mass is 400 g/mol. The Kier molecular flexibility index (Phi) is 5.64. The van der Waals surface area contributed by atoms with Crippen LogP contribution in [0.3, 0.4) is 0 Å². The third-order valence-corrected chi connectivity index (χ3v) is 4.47. The predicted molar refractivity (Wildman–Crippen MR) is 107 cm³/mol. The largest absolute Gasteiger partial charge is 0.507 e. The quantitative estimate of drug-likeness (QED) is 0.562. The van der Waals surface area contributed by atoms with Gasteiger partial charge in [-0.15, -0.1) is 0 Å². The van der Waals surface area contributed by atoms with Crippen LogP contribution in [0, 0.1) is 0 Å². The van der Waals surface area contributed by atoms with Crippen molar-refractivity contribution in [1.82, 2.24) is 0 Å². The molecule has 0 aromatic heterocycles. The first-order chi connectivity index (χ1) is 12.9. The van der Waals surface area contributed by atoms with E-state index in [0.717, 1.165) is 0 Å². The van der Waals surface area contributed by atoms with Gasteiger partial charge in [-0.05, 0) is 54.6 Å². The van der Waals surface area contributed by atoms with Crippen molar-refractivity contribution in [3.8, 4) is 5.75 Å². The van der Waals surface area contributed by atoms with Crippen LogP contribution in [0.25, 0.3) is 0 Å². The van der Waals surface area contributed by atoms with E-state index in [4.69, 9.17) is 23.2 Å². The molecule has 0 spiro atoms. The maximum atomic E-state index is 12.3. The molecular weight excluding hydrogens is 387 g/mol. The summed E-state index contributed by atoms with van der Waals surface area (Å²) in [5.41, 5.74) is 1.62. The van der Waals surface area contributed by atoms with Crippen LogP contribution in [-0.4, -0.2) is 16.9 Å². The first-order valence-electron chi connectivity index (χ1n) is 7.90. The molecule has 3 aromatic rings. The summed E-state index contributed by atoms with van der Waals surface area (Å²) in [5, 5.41) is 15.8. The van der Waals surface area contributed by atoms with Crippen molar-refractivity contribution >= 4 is 46.4 Å². The highest BCUT2D eigenvalue weighted by Crippen LogP contribution is 2.23. The second kappa shape index (κ2) is 8.12. The number of benzene rings is 3. The molecule has 0 unspecified atom stereocenters. The Balaban J connectivity index is 1.66. The molecule has 27 heavy (non-hydrogen) atoms. The number of anilines is 2. The van der Waals surface area contributed by atoms with E-state index in [1.165, 1.54) is 18.2 Å². The molecule has 0 aliphatic rings. The van der Waals surface area contributed by atoms with Gasteiger partial charge in [-0.25, -0.2) is 0 Å². The van der Waals surface area contributed by atoms with E-state index in [0.29, 0.717) is 27.0 Å². The van der Waals surface area contributed by atoms with Crippen LogP contribution < -0.4 is 10.6 Å². The minimum Gasteiger partial charge on any atom is -0.507 e. The van der Waals surface area contributed by atoms with E-state index in [1.807, 2.05) is 0 Å². The number of aromatic hydroxyl groups is 1. The summed E-state index contributed by atoms with van der Waals surface area (Å²) in [5.74, 6) is -0.860. The number of phenolic OH excluding ortho intramolecular Hbond substituents is 1. The molecule has 136 valence electrons. The third kappa shape index (κ3) is 4.58. The predicted octanol–water partition coefficient (Wildman–Crippen LogP) is 5.20. The summed E-state index contributed by atoms with van der Waals surface area (Å²) in [6, 6.07) is 17.5. The van der Waals surface area contributed by atoms with Crippen LogP contribution >= 0.6 is 23.2 Å². The number of rotatable bonds is 4. The lowest BCUT2D eigenvalue weighted by Gasteiger charge is -2.09. The lowest BCUT2D eigenvalue weighted by atomic mass is 10.2. The zero-order chi connectivity index (χ0) is 19.4. The smallest absolute Gasteiger partial charge is 0.259 e. The molecule has 0 heterocycles. The fourth-order valence-electron chi connectivity index (χ4n) is 2.34. The van der Waals surface area contributed by atoms with Gasteiger partial charge < -0.3 is 15.7 Å². The minimum absolute atomic E-state index is 0.0968. The highest BCUT2D eigenvalue weighted by molar-refractivity contribution is 6.42. The van der Waals surface area contributed by atoms with E-state index in [-0.39, 0.29) is 17.2 Å². The average molecular weight is 401 g/mol. The van der Waals surface area contributed by atoms with Gasteiger partial charge in [-0.1, -0.05) is 35.3 Å². The van der Waals surface area contributed by atoms with E-state index < -0.39 is 5.91 Å². The van der Waals surface area contributed by atoms with Crippen molar-refractivity contribution in [2.45, 2.75) is 0 Å². The van der Waals surface area contributed by atoms with Crippen LogP contribution in [0.1, 0.15) is 20.7 Å². The lowest BCUT2D eigenvalue weighted by Crippen LogP contribution is -2.13. The Morgan fingerprint density at radius 3 is 1.93 bits per heavy atom. The molecule has 0 radical (unpaired) electrons. The standard InChI is InChI=1S/C20H14Cl2N2O3/c21-16-10-5-12(11-17(16)22)19(26)23-13-6-8-14(9-7-13)24-20(27)15-3-1-2-4-18(15)25/h1-11,25H,(H,23,26)(H,24,27). The molecule has 0 saturated carbocycles. The van der Waals surface area contributed by atoms with E-state index in [9.17, 15) is 14.7 Å². The Morgan fingerprint density at radius 2 is 1.33 bits per heavy atom. The molecule has 0 aliphatic heterocycles. The van der Waals surface area contributed by atoms with Crippen LogP contribution in [0.5, 0.6) is 5.75 Å². The number of hydrogen-bond acceptors (Lipinski definition) is 3. The Labute approximate surface area is 165 Å². The van der Waals surface area contributed by atoms with Gasteiger partial charge in [0.05, 0.1) is 15.6 Å². The Hall–Kier alpha value is -3.02. The van der Waals surface area contributed by atoms with Crippen molar-refractivity contribution in [1.29, 1.82) is 0 Å². The van der Waals surface area contributed by atoms with Crippen LogP contribution in [0.2, 0.25) is 10.0 Å². The molecule has 0 fully saturated rings. The number of phenols is 1. The number of amides is 2. The second-order valence-corrected chi connectivity index (χ2v) is 6.45. The van der Waals surface area contributed by atoms with Gasteiger partial charge in [0.15, 0.2) is 0 Å². The third-order valence-electron chi connectivity index (χ3n) is 3.73. The molecule has 3 N–H and O–H groups in total. The highest BCUT2D eigenvalue weighted by Gasteiger charge is 2.11. The normalized spacial score (nSPS) is 10.3. The molecule has 0 aliphatic carbocycles. The molecule has 0 bridgehead atoms. The number of carbonyl (C=O) groups is 2. The van der Waals surface area contributed by atoms with E-state index in [1.54, 1.807) is 48.5 Å². The summed E-state index contributed by atoms with van der Waals surface area (Å²) in [6.45, 7) is 0. The van der Waals surface area contributed by atoms with E-state index in [2.05, 4.69) is 10.6 Å². The zero-order valence-corrected chi connectivity index (χ0v) is 15.4. The van der Waals surface area contributed by atoms with Gasteiger partial charge in [-0.3, -0.25) is 9.59 Å². The first kappa shape index (κ1) is 18.8. The number of hydrogen-bond donors (Lipinski definition) is 3. The number of nitrogens with one attached hydrogen (secondary N) is 2. The van der Waals surface area contributed by atoms with Crippen LogP contribution in [0.4, 0.5) is 11.4 Å². The lowest BCUT2D eigenvalue weighted by molar-refractivity contribution is 0.101. The molecule has 5 nitrogen and oxygen atoms in total. The first-order valence-corrected chi connectivity index (χ1v) is 8.65. The molecule has 3 aromatic carbocycles. The Bertz CT molecular complexity index is 1000.